The second kappa shape index (κ2) is 6.32. The van der Waals surface area contributed by atoms with Crippen molar-refractivity contribution in [2.24, 2.45) is 5.92 Å². The molecule has 1 saturated heterocycles. The van der Waals surface area contributed by atoms with Crippen LogP contribution in [0.1, 0.15) is 6.42 Å². The third-order valence-electron chi connectivity index (χ3n) is 3.20. The van der Waals surface area contributed by atoms with Gasteiger partial charge in [-0.15, -0.1) is 0 Å². The molecule has 0 spiro atoms. The van der Waals surface area contributed by atoms with Crippen molar-refractivity contribution in [1.29, 1.82) is 0 Å². The Morgan fingerprint density at radius 1 is 1.50 bits per heavy atom. The van der Waals surface area contributed by atoms with Gasteiger partial charge in [0.05, 0.1) is 5.69 Å². The summed E-state index contributed by atoms with van der Waals surface area (Å²) in [6.45, 7) is 0.776. The minimum Gasteiger partial charge on any atom is -0.396 e. The summed E-state index contributed by atoms with van der Waals surface area (Å²) in [4.78, 5) is 25.0. The van der Waals surface area contributed by atoms with E-state index in [1.165, 1.54) is 17.0 Å². The summed E-state index contributed by atoms with van der Waals surface area (Å²) in [5.41, 5.74) is -0.0375. The van der Waals surface area contributed by atoms with Crippen molar-refractivity contribution in [3.05, 3.63) is 28.5 Å². The van der Waals surface area contributed by atoms with E-state index in [1.807, 2.05) is 0 Å². The second-order valence-electron chi connectivity index (χ2n) is 4.67. The lowest BCUT2D eigenvalue weighted by Gasteiger charge is -2.15. The molecule has 0 aromatic heterocycles. The van der Waals surface area contributed by atoms with Crippen LogP contribution < -0.4 is 5.32 Å². The number of carbonyl (C=O) groups is 2. The minimum absolute atomic E-state index is 0.00720. The van der Waals surface area contributed by atoms with E-state index in [9.17, 15) is 14.0 Å². The van der Waals surface area contributed by atoms with Gasteiger partial charge in [0.15, 0.2) is 0 Å². The normalized spacial score (nSPS) is 18.1. The van der Waals surface area contributed by atoms with Gasteiger partial charge >= 0.3 is 11.8 Å². The highest BCUT2D eigenvalue weighted by molar-refractivity contribution is 9.10. The van der Waals surface area contributed by atoms with Crippen LogP contribution in [0.2, 0.25) is 0 Å². The molecule has 0 radical (unpaired) electrons. The first-order valence-corrected chi connectivity index (χ1v) is 6.96. The molecule has 1 aliphatic rings. The number of benzene rings is 1. The van der Waals surface area contributed by atoms with Gasteiger partial charge in [0, 0.05) is 30.1 Å². The van der Waals surface area contributed by atoms with E-state index in [0.717, 1.165) is 0 Å². The third kappa shape index (κ3) is 3.34. The highest BCUT2D eigenvalue weighted by Crippen LogP contribution is 2.20. The molecule has 1 aliphatic heterocycles. The van der Waals surface area contributed by atoms with Crippen molar-refractivity contribution in [3.8, 4) is 0 Å². The zero-order chi connectivity index (χ0) is 14.7. The summed E-state index contributed by atoms with van der Waals surface area (Å²) in [5.74, 6) is -2.18. The third-order valence-corrected chi connectivity index (χ3v) is 3.70. The Morgan fingerprint density at radius 2 is 2.25 bits per heavy atom. The number of nitrogens with zero attached hydrogens (tertiary/aromatic N) is 1. The van der Waals surface area contributed by atoms with Crippen molar-refractivity contribution in [2.45, 2.75) is 6.42 Å². The first-order valence-electron chi connectivity index (χ1n) is 6.17. The number of likely N-dealkylation sites (tertiary alicyclic amines) is 1. The predicted molar refractivity (Wildman–Crippen MR) is 74.5 cm³/mol. The zero-order valence-electron chi connectivity index (χ0n) is 10.6. The molecule has 1 aromatic carbocycles. The monoisotopic (exact) mass is 344 g/mol. The number of carbonyl (C=O) groups excluding carboxylic acids is 2. The van der Waals surface area contributed by atoms with Gasteiger partial charge in [-0.2, -0.15) is 0 Å². The van der Waals surface area contributed by atoms with Crippen LogP contribution in [0.5, 0.6) is 0 Å². The standard InChI is InChI=1S/C13H14BrFN2O3/c14-9-1-2-11(10(15)5-9)16-12(19)13(20)17-4-3-8(6-17)7-18/h1-2,5,8,18H,3-4,6-7H2,(H,16,19). The molecule has 1 fully saturated rings. The van der Waals surface area contributed by atoms with Crippen LogP contribution in [-0.2, 0) is 9.59 Å². The van der Waals surface area contributed by atoms with E-state index in [2.05, 4.69) is 21.2 Å². The Balaban J connectivity index is 1.99. The van der Waals surface area contributed by atoms with Crippen LogP contribution in [0.15, 0.2) is 22.7 Å². The number of hydrogen-bond acceptors (Lipinski definition) is 3. The molecule has 108 valence electrons. The molecule has 2 amide bonds. The van der Waals surface area contributed by atoms with Crippen molar-refractivity contribution < 1.29 is 19.1 Å². The highest BCUT2D eigenvalue weighted by Gasteiger charge is 2.29. The number of hydrogen-bond donors (Lipinski definition) is 2. The van der Waals surface area contributed by atoms with Crippen LogP contribution in [0, 0.1) is 11.7 Å². The zero-order valence-corrected chi connectivity index (χ0v) is 12.2. The predicted octanol–water partition coefficient (Wildman–Crippen LogP) is 1.37. The van der Waals surface area contributed by atoms with Crippen LogP contribution in [0.4, 0.5) is 10.1 Å². The molecule has 0 bridgehead atoms. The highest BCUT2D eigenvalue weighted by atomic mass is 79.9. The number of aliphatic hydroxyl groups is 1. The molecular weight excluding hydrogens is 331 g/mol. The van der Waals surface area contributed by atoms with E-state index in [-0.39, 0.29) is 18.2 Å². The van der Waals surface area contributed by atoms with Crippen LogP contribution in [0.3, 0.4) is 0 Å². The van der Waals surface area contributed by atoms with E-state index in [4.69, 9.17) is 5.11 Å². The van der Waals surface area contributed by atoms with Gasteiger partial charge in [0.2, 0.25) is 0 Å². The molecule has 1 heterocycles. The van der Waals surface area contributed by atoms with Gasteiger partial charge < -0.3 is 15.3 Å². The smallest absolute Gasteiger partial charge is 0.313 e. The lowest BCUT2D eigenvalue weighted by molar-refractivity contribution is -0.142. The van der Waals surface area contributed by atoms with Gasteiger partial charge in [0.1, 0.15) is 5.82 Å². The number of aliphatic hydroxyl groups excluding tert-OH is 1. The minimum atomic E-state index is -0.871. The number of anilines is 1. The number of halogens is 2. The molecule has 2 rings (SSSR count). The summed E-state index contributed by atoms with van der Waals surface area (Å²) < 4.78 is 14.1. The average Bonchev–Trinajstić information content (AvgIpc) is 2.89. The van der Waals surface area contributed by atoms with Crippen LogP contribution >= 0.6 is 15.9 Å². The number of rotatable bonds is 2. The summed E-state index contributed by atoms with van der Waals surface area (Å²) in [6, 6.07) is 4.16. The molecule has 1 aromatic rings. The molecule has 1 atom stereocenters. The fraction of sp³-hybridized carbons (Fsp3) is 0.385. The van der Waals surface area contributed by atoms with Gasteiger partial charge in [-0.1, -0.05) is 15.9 Å². The molecule has 1 unspecified atom stereocenters. The molecule has 0 saturated carbocycles. The first kappa shape index (κ1) is 14.9. The lowest BCUT2D eigenvalue weighted by atomic mass is 10.1. The Kier molecular flexibility index (Phi) is 4.72. The molecule has 20 heavy (non-hydrogen) atoms. The molecular formula is C13H14BrFN2O3. The van der Waals surface area contributed by atoms with E-state index >= 15 is 0 Å². The number of amides is 2. The molecule has 7 heteroatoms. The maximum atomic E-state index is 13.6. The summed E-state index contributed by atoms with van der Waals surface area (Å²) >= 11 is 3.11. The quantitative estimate of drug-likeness (QED) is 0.796. The topological polar surface area (TPSA) is 69.6 Å². The van der Waals surface area contributed by atoms with Crippen molar-refractivity contribution in [3.63, 3.8) is 0 Å². The number of nitrogens with one attached hydrogen (secondary N) is 1. The van der Waals surface area contributed by atoms with Crippen molar-refractivity contribution >= 4 is 33.4 Å². The van der Waals surface area contributed by atoms with Crippen molar-refractivity contribution in [2.75, 3.05) is 25.0 Å². The molecule has 0 aliphatic carbocycles. The second-order valence-corrected chi connectivity index (χ2v) is 5.58. The van der Waals surface area contributed by atoms with E-state index < -0.39 is 17.6 Å². The SMILES string of the molecule is O=C(Nc1ccc(Br)cc1F)C(=O)N1CCC(CO)C1. The van der Waals surface area contributed by atoms with Crippen LogP contribution in [0.25, 0.3) is 0 Å². The Morgan fingerprint density at radius 3 is 2.85 bits per heavy atom. The van der Waals surface area contributed by atoms with Crippen molar-refractivity contribution in [1.82, 2.24) is 4.90 Å². The maximum absolute atomic E-state index is 13.6. The summed E-state index contributed by atoms with van der Waals surface area (Å²) in [5, 5.41) is 11.3. The summed E-state index contributed by atoms with van der Waals surface area (Å²) in [7, 11) is 0. The Hall–Kier alpha value is -1.47. The Bertz CT molecular complexity index is 538. The van der Waals surface area contributed by atoms with Gasteiger partial charge in [-0.3, -0.25) is 9.59 Å². The maximum Gasteiger partial charge on any atom is 0.313 e. The summed E-state index contributed by atoms with van der Waals surface area (Å²) in [6.07, 6.45) is 0.669. The fourth-order valence-corrected chi connectivity index (χ4v) is 2.41. The fourth-order valence-electron chi connectivity index (χ4n) is 2.08. The van der Waals surface area contributed by atoms with E-state index in [1.54, 1.807) is 6.07 Å². The largest absolute Gasteiger partial charge is 0.396 e. The average molecular weight is 345 g/mol. The molecule has 5 nitrogen and oxygen atoms in total. The van der Waals surface area contributed by atoms with Gasteiger partial charge in [0.25, 0.3) is 0 Å². The first-order chi connectivity index (χ1) is 9.51. The van der Waals surface area contributed by atoms with E-state index in [0.29, 0.717) is 24.0 Å². The van der Waals surface area contributed by atoms with Gasteiger partial charge in [-0.05, 0) is 24.6 Å². The van der Waals surface area contributed by atoms with Crippen LogP contribution in [-0.4, -0.2) is 41.5 Å². The molecule has 2 N–H and O–H groups in total. The lowest BCUT2D eigenvalue weighted by Crippen LogP contribution is -2.38. The Labute approximate surface area is 123 Å². The van der Waals surface area contributed by atoms with Gasteiger partial charge in [-0.25, -0.2) is 4.39 Å².